The molecule has 130 valence electrons. The highest BCUT2D eigenvalue weighted by Crippen LogP contribution is 2.37. The summed E-state index contributed by atoms with van der Waals surface area (Å²) >= 11 is 13.9. The average molecular weight is 588 g/mol. The number of hydrogen-bond donors (Lipinski definition) is 1. The lowest BCUT2D eigenvalue weighted by molar-refractivity contribution is -0.273. The van der Waals surface area contributed by atoms with Crippen molar-refractivity contribution in [3.8, 4) is 11.5 Å². The Bertz CT molecular complexity index is 702. The van der Waals surface area contributed by atoms with Crippen LogP contribution in [0.1, 0.15) is 24.5 Å². The maximum Gasteiger partial charge on any atom is 0.368 e. The molecule has 2 rings (SSSR count). The topological polar surface area (TPSA) is 38.7 Å². The second-order valence-electron chi connectivity index (χ2n) is 5.24. The first kappa shape index (κ1) is 20.2. The summed E-state index contributed by atoms with van der Waals surface area (Å²) in [6.45, 7) is 5.61. The van der Waals surface area contributed by atoms with Crippen molar-refractivity contribution >= 4 is 63.7 Å². The third-order valence-corrected chi connectivity index (χ3v) is 7.99. The van der Waals surface area contributed by atoms with Crippen LogP contribution in [0, 0.1) is 13.8 Å². The zero-order valence-electron chi connectivity index (χ0n) is 13.3. The number of ether oxygens (including phenoxy) is 2. The Morgan fingerprint density at radius 2 is 1.21 bits per heavy atom. The van der Waals surface area contributed by atoms with Gasteiger partial charge < -0.3 is 14.6 Å². The highest BCUT2D eigenvalue weighted by Gasteiger charge is 2.32. The van der Waals surface area contributed by atoms with Crippen molar-refractivity contribution in [3.05, 3.63) is 53.3 Å². The van der Waals surface area contributed by atoms with Gasteiger partial charge in [-0.05, 0) is 102 Å². The van der Waals surface area contributed by atoms with E-state index in [2.05, 4.69) is 63.7 Å². The first-order valence-electron chi connectivity index (χ1n) is 7.18. The molecule has 0 unspecified atom stereocenters. The SMILES string of the molecule is CCC(O)(Oc1ccc(Br)c(Br)c1C)Oc1ccc(Br)c(Br)c1C. The number of hydrogen-bond acceptors (Lipinski definition) is 3. The van der Waals surface area contributed by atoms with Crippen molar-refractivity contribution in [1.82, 2.24) is 0 Å². The van der Waals surface area contributed by atoms with Crippen LogP contribution in [-0.2, 0) is 0 Å². The van der Waals surface area contributed by atoms with E-state index in [0.717, 1.165) is 29.0 Å². The van der Waals surface area contributed by atoms with E-state index in [1.807, 2.05) is 26.0 Å². The lowest BCUT2D eigenvalue weighted by atomic mass is 10.2. The van der Waals surface area contributed by atoms with Crippen LogP contribution in [0.2, 0.25) is 0 Å². The molecule has 0 aliphatic carbocycles. The van der Waals surface area contributed by atoms with Gasteiger partial charge in [0.25, 0.3) is 0 Å². The second-order valence-corrected chi connectivity index (χ2v) is 8.53. The first-order valence-corrected chi connectivity index (χ1v) is 10.4. The predicted molar refractivity (Wildman–Crippen MR) is 110 cm³/mol. The summed E-state index contributed by atoms with van der Waals surface area (Å²) < 4.78 is 15.2. The van der Waals surface area contributed by atoms with Gasteiger partial charge in [-0.1, -0.05) is 6.92 Å². The Labute approximate surface area is 175 Å². The van der Waals surface area contributed by atoms with Crippen LogP contribution in [0.15, 0.2) is 42.2 Å². The van der Waals surface area contributed by atoms with Crippen LogP contribution < -0.4 is 9.47 Å². The van der Waals surface area contributed by atoms with E-state index in [-0.39, 0.29) is 6.42 Å². The molecule has 0 saturated carbocycles. The highest BCUT2D eigenvalue weighted by atomic mass is 79.9. The Kier molecular flexibility index (Phi) is 6.81. The summed E-state index contributed by atoms with van der Waals surface area (Å²) in [5.41, 5.74) is 1.74. The van der Waals surface area contributed by atoms with Crippen molar-refractivity contribution in [2.45, 2.75) is 33.2 Å². The molecule has 2 aromatic carbocycles. The predicted octanol–water partition coefficient (Wildman–Crippen LogP) is 6.87. The lowest BCUT2D eigenvalue weighted by Crippen LogP contribution is -2.42. The average Bonchev–Trinajstić information content (AvgIpc) is 2.56. The Morgan fingerprint density at radius 3 is 1.54 bits per heavy atom. The van der Waals surface area contributed by atoms with Crippen LogP contribution in [-0.4, -0.2) is 11.1 Å². The molecule has 3 nitrogen and oxygen atoms in total. The summed E-state index contributed by atoms with van der Waals surface area (Å²) in [6, 6.07) is 7.28. The molecule has 2 aromatic rings. The van der Waals surface area contributed by atoms with Gasteiger partial charge in [-0.2, -0.15) is 0 Å². The van der Waals surface area contributed by atoms with Crippen LogP contribution in [0.5, 0.6) is 11.5 Å². The summed E-state index contributed by atoms with van der Waals surface area (Å²) in [5, 5.41) is 10.8. The van der Waals surface area contributed by atoms with E-state index >= 15 is 0 Å². The van der Waals surface area contributed by atoms with Crippen molar-refractivity contribution in [1.29, 1.82) is 0 Å². The van der Waals surface area contributed by atoms with Gasteiger partial charge >= 0.3 is 5.97 Å². The van der Waals surface area contributed by atoms with E-state index in [9.17, 15) is 5.11 Å². The van der Waals surface area contributed by atoms with Crippen LogP contribution in [0.25, 0.3) is 0 Å². The van der Waals surface area contributed by atoms with Gasteiger partial charge in [-0.15, -0.1) is 0 Å². The molecule has 0 spiro atoms. The number of halogens is 4. The molecule has 0 aliphatic rings. The van der Waals surface area contributed by atoms with E-state index < -0.39 is 5.97 Å². The fourth-order valence-electron chi connectivity index (χ4n) is 2.00. The number of aliphatic hydroxyl groups is 1. The van der Waals surface area contributed by atoms with Gasteiger partial charge in [0.1, 0.15) is 11.5 Å². The molecule has 0 radical (unpaired) electrons. The second kappa shape index (κ2) is 8.08. The van der Waals surface area contributed by atoms with Gasteiger partial charge in [0.05, 0.1) is 6.42 Å². The van der Waals surface area contributed by atoms with Crippen LogP contribution in [0.4, 0.5) is 0 Å². The molecule has 0 aromatic heterocycles. The largest absolute Gasteiger partial charge is 0.430 e. The molecular weight excluding hydrogens is 572 g/mol. The molecule has 0 aliphatic heterocycles. The molecule has 0 fully saturated rings. The fourth-order valence-corrected chi connectivity index (χ4v) is 3.51. The summed E-state index contributed by atoms with van der Waals surface area (Å²) in [7, 11) is 0. The number of benzene rings is 2. The van der Waals surface area contributed by atoms with Gasteiger partial charge in [0, 0.05) is 29.0 Å². The van der Waals surface area contributed by atoms with E-state index in [1.54, 1.807) is 19.1 Å². The van der Waals surface area contributed by atoms with Gasteiger partial charge in [0.2, 0.25) is 0 Å². The highest BCUT2D eigenvalue weighted by molar-refractivity contribution is 9.13. The molecular formula is C17H16Br4O3. The third kappa shape index (κ3) is 4.36. The van der Waals surface area contributed by atoms with E-state index in [1.165, 1.54) is 0 Å². The zero-order chi connectivity index (χ0) is 18.1. The summed E-state index contributed by atoms with van der Waals surface area (Å²) in [5.74, 6) is -0.678. The van der Waals surface area contributed by atoms with Gasteiger partial charge in [-0.25, -0.2) is 0 Å². The fraction of sp³-hybridized carbons (Fsp3) is 0.294. The molecule has 0 saturated heterocycles. The van der Waals surface area contributed by atoms with Gasteiger partial charge in [0.15, 0.2) is 0 Å². The third-order valence-electron chi connectivity index (χ3n) is 3.56. The van der Waals surface area contributed by atoms with Crippen LogP contribution >= 0.6 is 63.7 Å². The standard InChI is InChI=1S/C17H16Br4O3/c1-4-17(22,23-13-7-5-11(18)15(20)9(13)2)24-14-8-6-12(19)16(21)10(14)3/h5-8,22H,4H2,1-3H3. The van der Waals surface area contributed by atoms with E-state index in [4.69, 9.17) is 9.47 Å². The van der Waals surface area contributed by atoms with Crippen LogP contribution in [0.3, 0.4) is 0 Å². The smallest absolute Gasteiger partial charge is 0.368 e. The summed E-state index contributed by atoms with van der Waals surface area (Å²) in [6.07, 6.45) is 0.257. The van der Waals surface area contributed by atoms with Crippen molar-refractivity contribution in [2.75, 3.05) is 0 Å². The first-order chi connectivity index (χ1) is 11.2. The molecule has 0 atom stereocenters. The minimum Gasteiger partial charge on any atom is -0.430 e. The van der Waals surface area contributed by atoms with Gasteiger partial charge in [-0.3, -0.25) is 0 Å². The molecule has 0 amide bonds. The minimum atomic E-state index is -1.77. The molecule has 0 heterocycles. The molecule has 1 N–H and O–H groups in total. The molecule has 0 bridgehead atoms. The quantitative estimate of drug-likeness (QED) is 0.388. The monoisotopic (exact) mass is 584 g/mol. The zero-order valence-corrected chi connectivity index (χ0v) is 19.6. The molecule has 7 heteroatoms. The van der Waals surface area contributed by atoms with Crippen molar-refractivity contribution in [2.24, 2.45) is 0 Å². The number of rotatable bonds is 5. The normalized spacial score (nSPS) is 11.5. The Balaban J connectivity index is 2.33. The van der Waals surface area contributed by atoms with Crippen molar-refractivity contribution in [3.63, 3.8) is 0 Å². The minimum absolute atomic E-state index is 0.257. The van der Waals surface area contributed by atoms with Crippen molar-refractivity contribution < 1.29 is 14.6 Å². The maximum absolute atomic E-state index is 10.8. The molecule has 24 heavy (non-hydrogen) atoms. The summed E-state index contributed by atoms with van der Waals surface area (Å²) in [4.78, 5) is 0. The Hall–Kier alpha value is -0.0800. The lowest BCUT2D eigenvalue weighted by Gasteiger charge is -2.29. The Morgan fingerprint density at radius 1 is 0.833 bits per heavy atom. The van der Waals surface area contributed by atoms with E-state index in [0.29, 0.717) is 11.5 Å². The maximum atomic E-state index is 10.8.